The van der Waals surface area contributed by atoms with Crippen LogP contribution in [0.5, 0.6) is 0 Å². The zero-order valence-corrected chi connectivity index (χ0v) is 8.49. The van der Waals surface area contributed by atoms with Crippen LogP contribution in [0.1, 0.15) is 43.6 Å². The predicted molar refractivity (Wildman–Crippen MR) is 55.7 cm³/mol. The minimum absolute atomic E-state index is 0.433. The minimum atomic E-state index is -0.433. The van der Waals surface area contributed by atoms with Gasteiger partial charge in [0.2, 0.25) is 0 Å². The molecule has 2 heteroatoms. The van der Waals surface area contributed by atoms with Crippen LogP contribution in [-0.2, 0) is 6.42 Å². The van der Waals surface area contributed by atoms with Gasteiger partial charge < -0.3 is 9.52 Å². The van der Waals surface area contributed by atoms with Gasteiger partial charge in [-0.2, -0.15) is 0 Å². The van der Waals surface area contributed by atoms with E-state index in [0.29, 0.717) is 6.42 Å². The van der Waals surface area contributed by atoms with E-state index in [9.17, 15) is 5.11 Å². The van der Waals surface area contributed by atoms with E-state index >= 15 is 0 Å². The maximum Gasteiger partial charge on any atom is 0.109 e. The molecule has 1 rings (SSSR count). The number of rotatable bonds is 5. The summed E-state index contributed by atoms with van der Waals surface area (Å²) in [5.41, 5.74) is 0.907. The zero-order valence-electron chi connectivity index (χ0n) is 8.49. The normalized spacial score (nSPS) is 12.4. The fourth-order valence-electron chi connectivity index (χ4n) is 1.49. The van der Waals surface area contributed by atoms with E-state index < -0.39 is 6.10 Å². The zero-order chi connectivity index (χ0) is 10.4. The number of hydrogen-bond acceptors (Lipinski definition) is 2. The third-order valence-electron chi connectivity index (χ3n) is 2.26. The molecule has 1 heterocycles. The second-order valence-electron chi connectivity index (χ2n) is 3.26. The number of terminal acetylenes is 1. The van der Waals surface area contributed by atoms with Crippen molar-refractivity contribution < 1.29 is 9.52 Å². The summed E-state index contributed by atoms with van der Waals surface area (Å²) in [6.07, 6.45) is 9.42. The highest BCUT2D eigenvalue weighted by molar-refractivity contribution is 5.19. The first-order valence-corrected chi connectivity index (χ1v) is 4.97. The lowest BCUT2D eigenvalue weighted by atomic mass is 10.0. The Morgan fingerprint density at radius 2 is 2.43 bits per heavy atom. The molecule has 0 saturated heterocycles. The Morgan fingerprint density at radius 3 is 3.07 bits per heavy atom. The summed E-state index contributed by atoms with van der Waals surface area (Å²) in [5, 5.41) is 9.82. The Balaban J connectivity index is 2.52. The smallest absolute Gasteiger partial charge is 0.109 e. The molecule has 0 bridgehead atoms. The third kappa shape index (κ3) is 2.65. The predicted octanol–water partition coefficient (Wildman–Crippen LogP) is 2.68. The Morgan fingerprint density at radius 1 is 1.64 bits per heavy atom. The fourth-order valence-corrected chi connectivity index (χ4v) is 1.49. The fraction of sp³-hybridized carbons (Fsp3) is 0.500. The van der Waals surface area contributed by atoms with Crippen molar-refractivity contribution in [3.05, 3.63) is 23.7 Å². The molecule has 0 aliphatic carbocycles. The lowest BCUT2D eigenvalue weighted by Crippen LogP contribution is -1.98. The van der Waals surface area contributed by atoms with Crippen LogP contribution >= 0.6 is 0 Å². The number of aliphatic hydroxyl groups is 1. The number of unbranched alkanes of at least 4 members (excludes halogenated alkanes) is 1. The van der Waals surface area contributed by atoms with Gasteiger partial charge in [0, 0.05) is 18.4 Å². The summed E-state index contributed by atoms with van der Waals surface area (Å²) in [4.78, 5) is 0. The maximum atomic E-state index is 9.82. The maximum absolute atomic E-state index is 9.82. The third-order valence-corrected chi connectivity index (χ3v) is 2.26. The van der Waals surface area contributed by atoms with Crippen molar-refractivity contribution in [2.75, 3.05) is 0 Å². The van der Waals surface area contributed by atoms with Gasteiger partial charge in [-0.05, 0) is 18.9 Å². The molecule has 0 amide bonds. The van der Waals surface area contributed by atoms with Crippen molar-refractivity contribution in [2.45, 2.75) is 38.7 Å². The van der Waals surface area contributed by atoms with Crippen LogP contribution in [0.25, 0.3) is 0 Å². The minimum Gasteiger partial charge on any atom is -0.469 e. The molecule has 0 radical (unpaired) electrons. The first kappa shape index (κ1) is 10.9. The van der Waals surface area contributed by atoms with Gasteiger partial charge >= 0.3 is 0 Å². The number of aryl methyl sites for hydroxylation is 1. The van der Waals surface area contributed by atoms with Crippen LogP contribution in [0.4, 0.5) is 0 Å². The van der Waals surface area contributed by atoms with Crippen molar-refractivity contribution in [1.82, 2.24) is 0 Å². The van der Waals surface area contributed by atoms with Crippen molar-refractivity contribution >= 4 is 0 Å². The van der Waals surface area contributed by atoms with Crippen molar-refractivity contribution in [1.29, 1.82) is 0 Å². The Bertz CT molecular complexity index is 306. The van der Waals surface area contributed by atoms with Crippen molar-refractivity contribution in [2.24, 2.45) is 0 Å². The number of hydrogen-bond donors (Lipinski definition) is 1. The molecule has 0 aliphatic heterocycles. The second-order valence-corrected chi connectivity index (χ2v) is 3.26. The lowest BCUT2D eigenvalue weighted by Gasteiger charge is -2.08. The largest absolute Gasteiger partial charge is 0.469 e. The van der Waals surface area contributed by atoms with Crippen LogP contribution in [0.2, 0.25) is 0 Å². The molecule has 0 aliphatic rings. The number of furan rings is 1. The van der Waals surface area contributed by atoms with E-state index in [1.165, 1.54) is 0 Å². The van der Waals surface area contributed by atoms with Gasteiger partial charge in [0.05, 0.1) is 12.4 Å². The van der Waals surface area contributed by atoms with E-state index in [-0.39, 0.29) is 0 Å². The number of aliphatic hydroxyl groups excluding tert-OH is 1. The Kier molecular flexibility index (Phi) is 4.28. The molecule has 1 unspecified atom stereocenters. The van der Waals surface area contributed by atoms with Gasteiger partial charge in [0.25, 0.3) is 0 Å². The van der Waals surface area contributed by atoms with Crippen LogP contribution in [-0.4, -0.2) is 5.11 Å². The highest BCUT2D eigenvalue weighted by Crippen LogP contribution is 2.23. The standard InChI is InChI=1S/C12H16O2/c1-3-5-6-7-11(13)10-8-9-14-12(10)4-2/h1,8-9,11,13H,4-7H2,2H3. The average Bonchev–Trinajstić information content (AvgIpc) is 2.65. The van der Waals surface area contributed by atoms with Gasteiger partial charge in [-0.1, -0.05) is 6.92 Å². The topological polar surface area (TPSA) is 33.4 Å². The summed E-state index contributed by atoms with van der Waals surface area (Å²) < 4.78 is 5.24. The molecule has 1 atom stereocenters. The van der Waals surface area contributed by atoms with E-state index in [4.69, 9.17) is 10.8 Å². The van der Waals surface area contributed by atoms with Crippen LogP contribution in [0.3, 0.4) is 0 Å². The summed E-state index contributed by atoms with van der Waals surface area (Å²) in [6.45, 7) is 2.01. The molecule has 0 aromatic carbocycles. The van der Waals surface area contributed by atoms with Gasteiger partial charge in [0.15, 0.2) is 0 Å². The first-order valence-electron chi connectivity index (χ1n) is 4.97. The molecule has 1 aromatic rings. The Hall–Kier alpha value is -1.20. The van der Waals surface area contributed by atoms with Gasteiger partial charge in [-0.15, -0.1) is 12.3 Å². The van der Waals surface area contributed by atoms with Gasteiger partial charge in [-0.25, -0.2) is 0 Å². The van der Waals surface area contributed by atoms with Crippen LogP contribution in [0.15, 0.2) is 16.7 Å². The van der Waals surface area contributed by atoms with Crippen LogP contribution in [0, 0.1) is 12.3 Å². The molecular formula is C12H16O2. The highest BCUT2D eigenvalue weighted by Gasteiger charge is 2.13. The molecule has 2 nitrogen and oxygen atoms in total. The molecule has 0 spiro atoms. The van der Waals surface area contributed by atoms with Crippen molar-refractivity contribution in [3.63, 3.8) is 0 Å². The molecule has 14 heavy (non-hydrogen) atoms. The summed E-state index contributed by atoms with van der Waals surface area (Å²) >= 11 is 0. The van der Waals surface area contributed by atoms with Crippen molar-refractivity contribution in [3.8, 4) is 12.3 Å². The van der Waals surface area contributed by atoms with Gasteiger partial charge in [0.1, 0.15) is 5.76 Å². The SMILES string of the molecule is C#CCCCC(O)c1ccoc1CC. The second kappa shape index (κ2) is 5.51. The quantitative estimate of drug-likeness (QED) is 0.574. The lowest BCUT2D eigenvalue weighted by molar-refractivity contribution is 0.163. The molecule has 1 N–H and O–H groups in total. The van der Waals surface area contributed by atoms with Crippen LogP contribution < -0.4 is 0 Å². The monoisotopic (exact) mass is 192 g/mol. The summed E-state index contributed by atoms with van der Waals surface area (Å²) in [6, 6.07) is 1.83. The van der Waals surface area contributed by atoms with E-state index in [1.54, 1.807) is 6.26 Å². The molecule has 76 valence electrons. The molecule has 1 aromatic heterocycles. The summed E-state index contributed by atoms with van der Waals surface area (Å²) in [7, 11) is 0. The van der Waals surface area contributed by atoms with E-state index in [1.807, 2.05) is 13.0 Å². The highest BCUT2D eigenvalue weighted by atomic mass is 16.3. The van der Waals surface area contributed by atoms with E-state index in [0.717, 1.165) is 30.6 Å². The Labute approximate surface area is 84.9 Å². The molecule has 0 saturated carbocycles. The van der Waals surface area contributed by atoms with Gasteiger partial charge in [-0.3, -0.25) is 0 Å². The summed E-state index contributed by atoms with van der Waals surface area (Å²) in [5.74, 6) is 3.44. The van der Waals surface area contributed by atoms with E-state index in [2.05, 4.69) is 5.92 Å². The average molecular weight is 192 g/mol. The molecule has 0 fully saturated rings. The molecular weight excluding hydrogens is 176 g/mol. The first-order chi connectivity index (χ1) is 6.79.